The monoisotopic (exact) mass is 489 g/mol. The summed E-state index contributed by atoms with van der Waals surface area (Å²) in [4.78, 5) is 41.6. The summed E-state index contributed by atoms with van der Waals surface area (Å²) in [6, 6.07) is 6.32. The first-order valence-electron chi connectivity index (χ1n) is 10.0. The fourth-order valence-corrected chi connectivity index (χ4v) is 3.48. The molecule has 0 saturated carbocycles. The van der Waals surface area contributed by atoms with Gasteiger partial charge in [0, 0.05) is 30.8 Å². The molecular formula is C21H23N5O7S. The van der Waals surface area contributed by atoms with Gasteiger partial charge in [-0.3, -0.25) is 14.4 Å². The van der Waals surface area contributed by atoms with Gasteiger partial charge in [0.15, 0.2) is 22.6 Å². The molecule has 1 aromatic heterocycles. The van der Waals surface area contributed by atoms with Gasteiger partial charge >= 0.3 is 0 Å². The summed E-state index contributed by atoms with van der Waals surface area (Å²) in [5.74, 6) is -2.18. The summed E-state index contributed by atoms with van der Waals surface area (Å²) in [6.07, 6.45) is 2.73. The van der Waals surface area contributed by atoms with E-state index in [0.717, 1.165) is 12.3 Å². The Hall–Kier alpha value is -3.84. The fourth-order valence-electron chi connectivity index (χ4n) is 3.09. The SMILES string of the molecule is C[C@@H]1CC(=O)N1C[C@](C)(/C=N/NC(=O)c1ccc(NC(=O)c2ccc(O)c(O)c2)cn1)S(=O)O. The molecule has 1 fully saturated rings. The van der Waals surface area contributed by atoms with Crippen molar-refractivity contribution in [3.63, 3.8) is 0 Å². The van der Waals surface area contributed by atoms with Crippen LogP contribution < -0.4 is 10.7 Å². The Balaban J connectivity index is 1.59. The quantitative estimate of drug-likeness (QED) is 0.120. The summed E-state index contributed by atoms with van der Waals surface area (Å²) < 4.78 is 20.1. The van der Waals surface area contributed by atoms with E-state index in [9.17, 15) is 33.4 Å². The highest BCUT2D eigenvalue weighted by Crippen LogP contribution is 2.25. The zero-order valence-electron chi connectivity index (χ0n) is 18.3. The second-order valence-corrected chi connectivity index (χ2v) is 9.36. The molecule has 1 aliphatic rings. The third kappa shape index (κ3) is 5.55. The normalized spacial score (nSPS) is 18.1. The van der Waals surface area contributed by atoms with Crippen LogP contribution in [0.5, 0.6) is 11.5 Å². The molecule has 12 nitrogen and oxygen atoms in total. The number of aromatic nitrogens is 1. The number of benzene rings is 1. The van der Waals surface area contributed by atoms with Gasteiger partial charge in [-0.05, 0) is 44.2 Å². The highest BCUT2D eigenvalue weighted by atomic mass is 32.2. The Morgan fingerprint density at radius 3 is 2.56 bits per heavy atom. The molecule has 0 radical (unpaired) electrons. The van der Waals surface area contributed by atoms with Gasteiger partial charge in [0.05, 0.1) is 11.9 Å². The molecule has 0 bridgehead atoms. The predicted molar refractivity (Wildman–Crippen MR) is 123 cm³/mol. The molecule has 3 amide bonds. The van der Waals surface area contributed by atoms with E-state index in [0.29, 0.717) is 6.42 Å². The van der Waals surface area contributed by atoms with Gasteiger partial charge in [-0.2, -0.15) is 5.10 Å². The van der Waals surface area contributed by atoms with Crippen molar-refractivity contribution in [3.8, 4) is 11.5 Å². The van der Waals surface area contributed by atoms with E-state index in [4.69, 9.17) is 0 Å². The number of likely N-dealkylation sites (tertiary alicyclic amines) is 1. The van der Waals surface area contributed by atoms with Crippen molar-refractivity contribution in [1.82, 2.24) is 15.3 Å². The third-order valence-electron chi connectivity index (χ3n) is 5.20. The lowest BCUT2D eigenvalue weighted by Crippen LogP contribution is -2.57. The number of carbonyl (C=O) groups excluding carboxylic acids is 3. The molecule has 0 spiro atoms. The molecule has 2 aromatic rings. The van der Waals surface area contributed by atoms with Crippen molar-refractivity contribution in [1.29, 1.82) is 0 Å². The zero-order chi connectivity index (χ0) is 25.0. The molecule has 5 N–H and O–H groups in total. The fraction of sp³-hybridized carbons (Fsp3) is 0.286. The number of phenols is 2. The lowest BCUT2D eigenvalue weighted by molar-refractivity contribution is -0.145. The van der Waals surface area contributed by atoms with E-state index >= 15 is 0 Å². The number of nitrogens with zero attached hydrogens (tertiary/aromatic N) is 3. The molecule has 1 aliphatic heterocycles. The molecule has 3 atom stereocenters. The lowest BCUT2D eigenvalue weighted by atomic mass is 10.0. The molecule has 1 aromatic carbocycles. The van der Waals surface area contributed by atoms with E-state index in [2.05, 4.69) is 20.8 Å². The third-order valence-corrected chi connectivity index (χ3v) is 6.23. The van der Waals surface area contributed by atoms with Crippen molar-refractivity contribution in [2.24, 2.45) is 5.10 Å². The van der Waals surface area contributed by atoms with Gasteiger partial charge in [0.1, 0.15) is 10.4 Å². The first kappa shape index (κ1) is 24.8. The van der Waals surface area contributed by atoms with Crippen LogP contribution in [0.4, 0.5) is 5.69 Å². The zero-order valence-corrected chi connectivity index (χ0v) is 19.1. The molecule has 180 valence electrons. The minimum absolute atomic E-state index is 0.0269. The first-order valence-corrected chi connectivity index (χ1v) is 11.2. The Bertz CT molecular complexity index is 1170. The van der Waals surface area contributed by atoms with Crippen molar-refractivity contribution in [2.45, 2.75) is 31.1 Å². The number of hydrogen-bond acceptors (Lipinski definition) is 8. The maximum Gasteiger partial charge on any atom is 0.289 e. The number of pyridine rings is 1. The Morgan fingerprint density at radius 2 is 2.00 bits per heavy atom. The van der Waals surface area contributed by atoms with Gasteiger partial charge < -0.3 is 25.0 Å². The standard InChI is InChI=1S/C21H23N5O7S/c1-12-7-18(29)26(12)11-21(2,34(32)33)10-23-25-20(31)15-5-4-14(9-22-15)24-19(30)13-3-6-16(27)17(28)8-13/h3-6,8-10,12,27-28H,7,11H2,1-2H3,(H,24,30)(H,25,31)(H,32,33)/b23-10+/t12-,21+/m1/s1. The number of anilines is 1. The molecule has 1 saturated heterocycles. The second kappa shape index (κ2) is 9.97. The summed E-state index contributed by atoms with van der Waals surface area (Å²) in [6.45, 7) is 3.24. The van der Waals surface area contributed by atoms with Crippen LogP contribution in [0, 0.1) is 0 Å². The number of β-lactam (4-membered cyclic amide) rings is 1. The van der Waals surface area contributed by atoms with Gasteiger partial charge in [-0.1, -0.05) is 0 Å². The number of amides is 3. The minimum atomic E-state index is -2.35. The van der Waals surface area contributed by atoms with E-state index in [-0.39, 0.29) is 41.2 Å². The average Bonchev–Trinajstić information content (AvgIpc) is 2.79. The number of rotatable bonds is 8. The van der Waals surface area contributed by atoms with E-state index in [1.54, 1.807) is 0 Å². The number of hydrazone groups is 1. The Morgan fingerprint density at radius 1 is 1.26 bits per heavy atom. The molecule has 1 unspecified atom stereocenters. The maximum absolute atomic E-state index is 12.3. The first-order chi connectivity index (χ1) is 16.0. The van der Waals surface area contributed by atoms with Gasteiger partial charge in [0.25, 0.3) is 11.8 Å². The summed E-state index contributed by atoms with van der Waals surface area (Å²) in [7, 11) is 0. The largest absolute Gasteiger partial charge is 0.504 e. The van der Waals surface area contributed by atoms with Crippen LogP contribution in [0.1, 0.15) is 41.1 Å². The number of hydrogen-bond donors (Lipinski definition) is 5. The van der Waals surface area contributed by atoms with Crippen molar-refractivity contribution >= 4 is 40.7 Å². The molecule has 2 heterocycles. The van der Waals surface area contributed by atoms with Crippen LogP contribution >= 0.6 is 0 Å². The highest BCUT2D eigenvalue weighted by Gasteiger charge is 2.40. The van der Waals surface area contributed by atoms with Crippen LogP contribution in [0.2, 0.25) is 0 Å². The molecule has 0 aliphatic carbocycles. The van der Waals surface area contributed by atoms with Crippen LogP contribution in [0.15, 0.2) is 41.6 Å². The molecular weight excluding hydrogens is 466 g/mol. The van der Waals surface area contributed by atoms with Crippen LogP contribution in [-0.2, 0) is 15.9 Å². The summed E-state index contributed by atoms with van der Waals surface area (Å²) in [5, 5.41) is 25.1. The van der Waals surface area contributed by atoms with E-state index < -0.39 is 33.4 Å². The summed E-state index contributed by atoms with van der Waals surface area (Å²) in [5.41, 5.74) is 2.56. The smallest absolute Gasteiger partial charge is 0.289 e. The van der Waals surface area contributed by atoms with Crippen LogP contribution in [-0.4, -0.2) is 70.1 Å². The number of carbonyl (C=O) groups is 3. The van der Waals surface area contributed by atoms with Crippen molar-refractivity contribution in [2.75, 3.05) is 11.9 Å². The molecule has 3 rings (SSSR count). The van der Waals surface area contributed by atoms with Crippen molar-refractivity contribution < 1.29 is 33.4 Å². The number of nitrogens with one attached hydrogen (secondary N) is 2. The Labute approximate surface area is 197 Å². The highest BCUT2D eigenvalue weighted by molar-refractivity contribution is 7.81. The lowest BCUT2D eigenvalue weighted by Gasteiger charge is -2.41. The van der Waals surface area contributed by atoms with Gasteiger partial charge in [0.2, 0.25) is 5.91 Å². The molecule has 13 heteroatoms. The van der Waals surface area contributed by atoms with Crippen LogP contribution in [0.3, 0.4) is 0 Å². The second-order valence-electron chi connectivity index (χ2n) is 7.93. The minimum Gasteiger partial charge on any atom is -0.504 e. The van der Waals surface area contributed by atoms with Crippen LogP contribution in [0.25, 0.3) is 0 Å². The Kier molecular flexibility index (Phi) is 7.27. The number of aromatic hydroxyl groups is 2. The average molecular weight is 490 g/mol. The maximum atomic E-state index is 12.3. The topological polar surface area (TPSA) is 182 Å². The molecule has 34 heavy (non-hydrogen) atoms. The predicted octanol–water partition coefficient (Wildman–Crippen LogP) is 1.06. The van der Waals surface area contributed by atoms with Crippen molar-refractivity contribution in [3.05, 3.63) is 47.8 Å². The van der Waals surface area contributed by atoms with E-state index in [1.165, 1.54) is 42.3 Å². The van der Waals surface area contributed by atoms with Gasteiger partial charge in [-0.15, -0.1) is 0 Å². The summed E-state index contributed by atoms with van der Waals surface area (Å²) >= 11 is -2.35. The van der Waals surface area contributed by atoms with Gasteiger partial charge in [-0.25, -0.2) is 14.6 Å². The number of phenolic OH excluding ortho intramolecular Hbond substituents is 2. The van der Waals surface area contributed by atoms with E-state index in [1.807, 2.05) is 6.92 Å².